The van der Waals surface area contributed by atoms with Gasteiger partial charge in [0.05, 0.1) is 51.8 Å². The Labute approximate surface area is 577 Å². The van der Waals surface area contributed by atoms with Crippen molar-refractivity contribution in [1.29, 1.82) is 0 Å². The zero-order valence-corrected chi connectivity index (χ0v) is 57.8. The minimum Gasteiger partial charge on any atom is -0.394 e. The largest absolute Gasteiger partial charge is 0.394 e. The van der Waals surface area contributed by atoms with E-state index in [1.807, 2.05) is 6.08 Å². The molecule has 574 valence electrons. The predicted molar refractivity (Wildman–Crippen MR) is 350 cm³/mol. The molecule has 5 rings (SSSR count). The minimum absolute atomic E-state index is 0.177. The Morgan fingerprint density at radius 2 is 0.796 bits per heavy atom. The molecule has 18 N–H and O–H groups in total. The van der Waals surface area contributed by atoms with Crippen LogP contribution in [0.3, 0.4) is 0 Å². The topological polar surface area (TPSA) is 474 Å². The third kappa shape index (κ3) is 27.3. The minimum atomic E-state index is -2.20. The van der Waals surface area contributed by atoms with E-state index in [4.69, 9.17) is 47.4 Å². The normalized spacial score (nSPS) is 36.1. The number of ether oxygens (including phenoxy) is 10. The maximum atomic E-state index is 13.5. The lowest BCUT2D eigenvalue weighted by Gasteiger charge is -2.49. The van der Waals surface area contributed by atoms with Crippen LogP contribution in [-0.2, 0) is 57.0 Å². The number of amides is 2. The fourth-order valence-corrected chi connectivity index (χ4v) is 13.1. The van der Waals surface area contributed by atoms with Gasteiger partial charge in [-0.2, -0.15) is 0 Å². The number of hydrogen-bond acceptors (Lipinski definition) is 28. The van der Waals surface area contributed by atoms with E-state index in [1.165, 1.54) is 109 Å². The van der Waals surface area contributed by atoms with Crippen molar-refractivity contribution in [2.24, 2.45) is 0 Å². The van der Waals surface area contributed by atoms with Crippen molar-refractivity contribution in [1.82, 2.24) is 10.6 Å². The molecule has 0 spiro atoms. The van der Waals surface area contributed by atoms with Gasteiger partial charge in [0.25, 0.3) is 0 Å². The van der Waals surface area contributed by atoms with E-state index >= 15 is 0 Å². The van der Waals surface area contributed by atoms with Gasteiger partial charge in [-0.3, -0.25) is 9.59 Å². The Hall–Kier alpha value is -2.36. The Morgan fingerprint density at radius 1 is 0.408 bits per heavy atom. The van der Waals surface area contributed by atoms with Gasteiger partial charge >= 0.3 is 0 Å². The number of rotatable bonds is 48. The van der Waals surface area contributed by atoms with Crippen molar-refractivity contribution >= 4 is 11.8 Å². The van der Waals surface area contributed by atoms with Gasteiger partial charge in [0, 0.05) is 13.3 Å². The summed E-state index contributed by atoms with van der Waals surface area (Å²) in [6, 6.07) is -2.71. The second-order valence-corrected chi connectivity index (χ2v) is 27.2. The molecule has 2 amide bonds. The third-order valence-corrected chi connectivity index (χ3v) is 19.2. The van der Waals surface area contributed by atoms with Gasteiger partial charge < -0.3 is 140 Å². The number of aliphatic hydroxyl groups excluding tert-OH is 16. The Balaban J connectivity index is 1.26. The van der Waals surface area contributed by atoms with E-state index in [2.05, 4.69) is 24.5 Å². The monoisotopic (exact) mass is 1420 g/mol. The molecule has 10 unspecified atom stereocenters. The SMILES string of the molecule is CCCCCCCCCCCCC/C=C/[C@@H](O)[C@H](CO[C@@H]1OC(CO)[C@@H](O[C@@H]2OC(CO[C@@H]3OC(CO)[C@@H](O[C@@H]4OC(CO)[C@H](O)[C@H](O)C4O)[C@H](O)C3NC(C)=O)[C@H](O)[C@H](O[C@H]3OC(CO)[C@H](O)[C@H](O)C3O)C2O)[C@H](O)C1O)NC(=O)CCCCCCCCCCCCCCCCC. The van der Waals surface area contributed by atoms with Gasteiger partial charge in [0.1, 0.15) is 122 Å². The van der Waals surface area contributed by atoms with Crippen molar-refractivity contribution in [2.45, 2.75) is 366 Å². The molecule has 0 saturated carbocycles. The summed E-state index contributed by atoms with van der Waals surface area (Å²) in [6.45, 7) is 0.528. The molecule has 0 aromatic heterocycles. The summed E-state index contributed by atoms with van der Waals surface area (Å²) in [7, 11) is 0. The summed E-state index contributed by atoms with van der Waals surface area (Å²) in [6.07, 6.45) is -11.6. The van der Waals surface area contributed by atoms with Gasteiger partial charge in [-0.15, -0.1) is 0 Å². The van der Waals surface area contributed by atoms with Crippen molar-refractivity contribution in [3.8, 4) is 0 Å². The number of aliphatic hydroxyl groups is 16. The lowest BCUT2D eigenvalue weighted by molar-refractivity contribution is -0.385. The predicted octanol–water partition coefficient (Wildman–Crippen LogP) is -0.392. The maximum absolute atomic E-state index is 13.5. The molecule has 5 fully saturated rings. The van der Waals surface area contributed by atoms with E-state index in [9.17, 15) is 91.3 Å². The highest BCUT2D eigenvalue weighted by molar-refractivity contribution is 5.76. The van der Waals surface area contributed by atoms with Crippen molar-refractivity contribution in [2.75, 3.05) is 39.6 Å². The van der Waals surface area contributed by atoms with E-state index < -0.39 is 211 Å². The van der Waals surface area contributed by atoms with E-state index in [0.29, 0.717) is 12.8 Å². The number of nitrogens with one attached hydrogen (secondary N) is 2. The van der Waals surface area contributed by atoms with Crippen LogP contribution < -0.4 is 10.6 Å². The molecule has 5 aliphatic rings. The van der Waals surface area contributed by atoms with Crippen molar-refractivity contribution < 1.29 is 139 Å². The molecule has 5 aliphatic heterocycles. The zero-order chi connectivity index (χ0) is 71.7. The van der Waals surface area contributed by atoms with Crippen LogP contribution in [0.5, 0.6) is 0 Å². The molecule has 30 heteroatoms. The first-order valence-electron chi connectivity index (χ1n) is 36.5. The van der Waals surface area contributed by atoms with E-state index in [-0.39, 0.29) is 12.3 Å². The van der Waals surface area contributed by atoms with Crippen LogP contribution in [0.2, 0.25) is 0 Å². The third-order valence-electron chi connectivity index (χ3n) is 19.2. The number of carbonyl (C=O) groups is 2. The summed E-state index contributed by atoms with van der Waals surface area (Å²) in [5, 5.41) is 180. The maximum Gasteiger partial charge on any atom is 0.220 e. The summed E-state index contributed by atoms with van der Waals surface area (Å²) >= 11 is 0. The second kappa shape index (κ2) is 47.2. The van der Waals surface area contributed by atoms with Crippen LogP contribution in [0, 0.1) is 0 Å². The van der Waals surface area contributed by atoms with Crippen LogP contribution >= 0.6 is 0 Å². The van der Waals surface area contributed by atoms with Gasteiger partial charge in [0.2, 0.25) is 11.8 Å². The molecule has 5 saturated heterocycles. The number of carbonyl (C=O) groups excluding carboxylic acids is 2. The Bertz CT molecular complexity index is 2140. The molecule has 27 atom stereocenters. The standard InChI is InChI=1S/C68H124N2O28/c1-4-6-8-10-12-14-16-18-19-21-23-25-27-29-31-33-48(77)70-41(42(76)32-30-28-26-24-22-20-17-15-13-11-9-7-5-2)38-89-65-59(87)56(84)62(46(37-74)94-65)97-68-60(88)63(98-67-58(86)55(83)51(79)44(35-72)92-67)52(80)47(95-68)39-90-64-49(69-40(3)75)53(81)61(45(36-73)93-64)96-66-57(85)54(82)50(78)43(34-71)91-66/h30,32,41-47,49-68,71-74,76,78-88H,4-29,31,33-39H2,1-3H3,(H,69,75)(H,70,77)/b32-30+/t41-,42+,43?,44?,45?,46?,47?,49?,50-,51-,52-,53+,54-,55-,56+,57?,58?,59?,60?,61+,62+,63-,64+,65+,66-,67+,68-/m0/s1. The molecular formula is C68H124N2O28. The highest BCUT2D eigenvalue weighted by atomic mass is 16.8. The first kappa shape index (κ1) is 86.3. The highest BCUT2D eigenvalue weighted by Crippen LogP contribution is 2.36. The van der Waals surface area contributed by atoms with Crippen LogP contribution in [-0.4, -0.2) is 299 Å². The number of hydrogen-bond donors (Lipinski definition) is 18. The summed E-state index contributed by atoms with van der Waals surface area (Å²) in [5.74, 6) is -1.12. The molecule has 30 nitrogen and oxygen atoms in total. The van der Waals surface area contributed by atoms with Gasteiger partial charge in [0.15, 0.2) is 31.5 Å². The van der Waals surface area contributed by atoms with Crippen LogP contribution in [0.4, 0.5) is 0 Å². The van der Waals surface area contributed by atoms with Gasteiger partial charge in [-0.05, 0) is 19.3 Å². The van der Waals surface area contributed by atoms with Crippen LogP contribution in [0.15, 0.2) is 12.2 Å². The molecule has 0 aromatic carbocycles. The summed E-state index contributed by atoms with van der Waals surface area (Å²) < 4.78 is 58.6. The Kier molecular flexibility index (Phi) is 41.5. The fraction of sp³-hybridized carbons (Fsp3) is 0.941. The lowest BCUT2D eigenvalue weighted by Crippen LogP contribution is -2.68. The molecule has 5 heterocycles. The van der Waals surface area contributed by atoms with E-state index in [1.54, 1.807) is 6.08 Å². The Morgan fingerprint density at radius 3 is 1.26 bits per heavy atom. The molecule has 0 aliphatic carbocycles. The summed E-state index contributed by atoms with van der Waals surface area (Å²) in [4.78, 5) is 26.1. The first-order valence-corrected chi connectivity index (χ1v) is 36.5. The van der Waals surface area contributed by atoms with Gasteiger partial charge in [-0.1, -0.05) is 180 Å². The average Bonchev–Trinajstić information content (AvgIpc) is 0.783. The molecular weight excluding hydrogens is 1290 g/mol. The smallest absolute Gasteiger partial charge is 0.220 e. The second-order valence-electron chi connectivity index (χ2n) is 27.2. The number of allylic oxidation sites excluding steroid dienone is 1. The lowest BCUT2D eigenvalue weighted by atomic mass is 9.95. The molecule has 0 radical (unpaired) electrons. The van der Waals surface area contributed by atoms with Crippen LogP contribution in [0.25, 0.3) is 0 Å². The molecule has 98 heavy (non-hydrogen) atoms. The quantitative estimate of drug-likeness (QED) is 0.0272. The van der Waals surface area contributed by atoms with Crippen LogP contribution in [0.1, 0.15) is 201 Å². The summed E-state index contributed by atoms with van der Waals surface area (Å²) in [5.41, 5.74) is 0. The number of unbranched alkanes of at least 4 members (excludes halogenated alkanes) is 25. The van der Waals surface area contributed by atoms with E-state index in [0.717, 1.165) is 58.3 Å². The average molecular weight is 1420 g/mol. The zero-order valence-electron chi connectivity index (χ0n) is 57.8. The van der Waals surface area contributed by atoms with Crippen molar-refractivity contribution in [3.63, 3.8) is 0 Å². The van der Waals surface area contributed by atoms with Gasteiger partial charge in [-0.25, -0.2) is 0 Å². The highest BCUT2D eigenvalue weighted by Gasteiger charge is 2.56. The first-order chi connectivity index (χ1) is 47.2. The molecule has 0 aromatic rings. The molecule has 0 bridgehead atoms. The van der Waals surface area contributed by atoms with Crippen molar-refractivity contribution in [3.05, 3.63) is 12.2 Å². The fourth-order valence-electron chi connectivity index (χ4n) is 13.1.